The predicted octanol–water partition coefficient (Wildman–Crippen LogP) is 1.75. The summed E-state index contributed by atoms with van der Waals surface area (Å²) in [7, 11) is 0. The second-order valence-electron chi connectivity index (χ2n) is 6.77. The molecule has 132 valence electrons. The minimum absolute atomic E-state index is 0.0424. The second-order valence-corrected chi connectivity index (χ2v) is 6.77. The van der Waals surface area contributed by atoms with Crippen molar-refractivity contribution in [2.24, 2.45) is 11.8 Å². The lowest BCUT2D eigenvalue weighted by atomic mass is 9.87. The monoisotopic (exact) mass is 342 g/mol. The molecule has 0 spiro atoms. The molecule has 8 heteroatoms. The fourth-order valence-electron chi connectivity index (χ4n) is 3.16. The van der Waals surface area contributed by atoms with E-state index in [0.29, 0.717) is 29.4 Å². The first-order valence-electron chi connectivity index (χ1n) is 8.43. The largest absolute Gasteiger partial charge is 0.353 e. The summed E-state index contributed by atoms with van der Waals surface area (Å²) in [5.41, 5.74) is 1.73. The summed E-state index contributed by atoms with van der Waals surface area (Å²) in [5.74, 6) is -0.125. The van der Waals surface area contributed by atoms with Gasteiger partial charge >= 0.3 is 0 Å². The van der Waals surface area contributed by atoms with Gasteiger partial charge in [-0.15, -0.1) is 0 Å². The highest BCUT2D eigenvalue weighted by molar-refractivity contribution is 5.98. The Bertz CT molecular complexity index is 743. The first-order valence-corrected chi connectivity index (χ1v) is 8.43. The fourth-order valence-corrected chi connectivity index (χ4v) is 3.16. The number of anilines is 1. The molecule has 8 nitrogen and oxygen atoms in total. The minimum atomic E-state index is -0.345. The molecule has 25 heavy (non-hydrogen) atoms. The molecule has 0 aromatic carbocycles. The smallest absolute Gasteiger partial charge is 0.228 e. The van der Waals surface area contributed by atoms with Gasteiger partial charge < -0.3 is 10.6 Å². The summed E-state index contributed by atoms with van der Waals surface area (Å²) in [5, 5.41) is 12.7. The third-order valence-corrected chi connectivity index (χ3v) is 4.21. The van der Waals surface area contributed by atoms with Crippen LogP contribution in [0.25, 0.3) is 11.4 Å². The van der Waals surface area contributed by atoms with Crippen LogP contribution in [0.2, 0.25) is 0 Å². The molecule has 0 aliphatic carbocycles. The average molecular weight is 342 g/mol. The molecule has 2 unspecified atom stereocenters. The van der Waals surface area contributed by atoms with E-state index in [9.17, 15) is 9.59 Å². The zero-order valence-electron chi connectivity index (χ0n) is 14.3. The topological polar surface area (TPSA) is 113 Å². The van der Waals surface area contributed by atoms with Crippen LogP contribution in [0.3, 0.4) is 0 Å². The van der Waals surface area contributed by atoms with Gasteiger partial charge in [-0.2, -0.15) is 5.10 Å². The van der Waals surface area contributed by atoms with Crippen LogP contribution in [0.5, 0.6) is 0 Å². The molecule has 1 aliphatic rings. The van der Waals surface area contributed by atoms with E-state index in [4.69, 9.17) is 0 Å². The zero-order chi connectivity index (χ0) is 17.8. The Morgan fingerprint density at radius 3 is 2.92 bits per heavy atom. The summed E-state index contributed by atoms with van der Waals surface area (Å²) in [6, 6.07) is 0.0424. The van der Waals surface area contributed by atoms with E-state index in [1.54, 1.807) is 18.6 Å². The average Bonchev–Trinajstić information content (AvgIpc) is 3.02. The van der Waals surface area contributed by atoms with E-state index in [-0.39, 0.29) is 30.2 Å². The van der Waals surface area contributed by atoms with E-state index in [0.717, 1.165) is 6.42 Å². The predicted molar refractivity (Wildman–Crippen MR) is 92.4 cm³/mol. The zero-order valence-corrected chi connectivity index (χ0v) is 14.3. The van der Waals surface area contributed by atoms with Gasteiger partial charge in [-0.05, 0) is 18.8 Å². The second kappa shape index (κ2) is 7.42. The van der Waals surface area contributed by atoms with Crippen LogP contribution in [-0.4, -0.2) is 38.0 Å². The molecule has 3 rings (SSSR count). The lowest BCUT2D eigenvalue weighted by Crippen LogP contribution is -2.46. The molecule has 2 aromatic rings. The number of piperidine rings is 1. The van der Waals surface area contributed by atoms with Crippen molar-refractivity contribution in [3.63, 3.8) is 0 Å². The summed E-state index contributed by atoms with van der Waals surface area (Å²) < 4.78 is 0. The summed E-state index contributed by atoms with van der Waals surface area (Å²) in [6.07, 6.45) is 8.00. The lowest BCUT2D eigenvalue weighted by molar-refractivity contribution is -0.131. The number of H-pyrrole nitrogens is 1. The molecule has 3 N–H and O–H groups in total. The van der Waals surface area contributed by atoms with Crippen LogP contribution < -0.4 is 10.6 Å². The molecule has 2 atom stereocenters. The first kappa shape index (κ1) is 17.1. The molecular formula is C17H22N6O2. The Morgan fingerprint density at radius 2 is 2.20 bits per heavy atom. The highest BCUT2D eigenvalue weighted by Crippen LogP contribution is 2.26. The van der Waals surface area contributed by atoms with Crippen molar-refractivity contribution in [2.45, 2.75) is 39.2 Å². The maximum atomic E-state index is 12.7. The summed E-state index contributed by atoms with van der Waals surface area (Å²) >= 11 is 0. The van der Waals surface area contributed by atoms with Crippen LogP contribution in [0, 0.1) is 11.8 Å². The molecule has 0 bridgehead atoms. The molecule has 1 fully saturated rings. The quantitative estimate of drug-likeness (QED) is 0.766. The number of aromatic nitrogens is 4. The number of nitrogens with one attached hydrogen (secondary N) is 3. The minimum Gasteiger partial charge on any atom is -0.353 e. The van der Waals surface area contributed by atoms with Gasteiger partial charge in [-0.25, -0.2) is 0 Å². The van der Waals surface area contributed by atoms with Gasteiger partial charge in [-0.1, -0.05) is 13.8 Å². The normalized spacial score (nSPS) is 20.4. The Balaban J connectivity index is 1.70. The molecular weight excluding hydrogens is 320 g/mol. The Morgan fingerprint density at radius 1 is 1.36 bits per heavy atom. The van der Waals surface area contributed by atoms with Crippen molar-refractivity contribution in [1.82, 2.24) is 25.5 Å². The Kier molecular flexibility index (Phi) is 5.06. The molecule has 0 radical (unpaired) electrons. The Hall–Kier alpha value is -2.77. The van der Waals surface area contributed by atoms with Crippen LogP contribution in [0.4, 0.5) is 5.69 Å². The number of amides is 2. The number of carbonyl (C=O) groups excluding carboxylic acids is 2. The summed E-state index contributed by atoms with van der Waals surface area (Å²) in [6.45, 7) is 4.21. The third-order valence-electron chi connectivity index (χ3n) is 4.21. The lowest BCUT2D eigenvalue weighted by Gasteiger charge is -2.30. The Labute approximate surface area is 145 Å². The maximum Gasteiger partial charge on any atom is 0.228 e. The van der Waals surface area contributed by atoms with Gasteiger partial charge in [-0.3, -0.25) is 24.7 Å². The van der Waals surface area contributed by atoms with Gasteiger partial charge in [0.1, 0.15) is 11.4 Å². The highest BCUT2D eigenvalue weighted by atomic mass is 16.2. The molecule has 1 saturated heterocycles. The standard InChI is InChI=1S/C17H22N6O2/c1-10(2)5-12-6-11(7-15(24)21-12)17(25)22-14-9-20-23-16(14)13-8-18-3-4-19-13/h3-4,8-12H,5-7H2,1-2H3,(H,20,23)(H,21,24)(H,22,25). The molecule has 3 heterocycles. The molecule has 2 amide bonds. The SMILES string of the molecule is CC(C)CC1CC(C(=O)Nc2cn[nH]c2-c2cnccn2)CC(=O)N1. The number of carbonyl (C=O) groups is 2. The number of rotatable bonds is 5. The van der Waals surface area contributed by atoms with Crippen LogP contribution in [0.1, 0.15) is 33.1 Å². The number of nitrogens with zero attached hydrogens (tertiary/aromatic N) is 3. The van der Waals surface area contributed by atoms with Gasteiger partial charge in [0.15, 0.2) is 0 Å². The van der Waals surface area contributed by atoms with Crippen molar-refractivity contribution in [1.29, 1.82) is 0 Å². The molecule has 0 saturated carbocycles. The van der Waals surface area contributed by atoms with Gasteiger partial charge in [0.2, 0.25) is 11.8 Å². The van der Waals surface area contributed by atoms with Gasteiger partial charge in [0.05, 0.1) is 18.1 Å². The number of hydrogen-bond acceptors (Lipinski definition) is 5. The third kappa shape index (κ3) is 4.20. The van der Waals surface area contributed by atoms with E-state index in [1.165, 1.54) is 6.20 Å². The van der Waals surface area contributed by atoms with E-state index in [1.807, 2.05) is 0 Å². The van der Waals surface area contributed by atoms with Crippen LogP contribution >= 0.6 is 0 Å². The van der Waals surface area contributed by atoms with Crippen molar-refractivity contribution >= 4 is 17.5 Å². The molecule has 1 aliphatic heterocycles. The van der Waals surface area contributed by atoms with Gasteiger partial charge in [0, 0.05) is 30.8 Å². The van der Waals surface area contributed by atoms with E-state index < -0.39 is 0 Å². The van der Waals surface area contributed by atoms with Gasteiger partial charge in [0.25, 0.3) is 0 Å². The van der Waals surface area contributed by atoms with Crippen molar-refractivity contribution < 1.29 is 9.59 Å². The van der Waals surface area contributed by atoms with Crippen LogP contribution in [0.15, 0.2) is 24.8 Å². The highest BCUT2D eigenvalue weighted by Gasteiger charge is 2.32. The maximum absolute atomic E-state index is 12.7. The van der Waals surface area contributed by atoms with Crippen molar-refractivity contribution in [2.75, 3.05) is 5.32 Å². The number of aromatic amines is 1. The van der Waals surface area contributed by atoms with Crippen LogP contribution in [-0.2, 0) is 9.59 Å². The fraction of sp³-hybridized carbons (Fsp3) is 0.471. The summed E-state index contributed by atoms with van der Waals surface area (Å²) in [4.78, 5) is 32.8. The first-order chi connectivity index (χ1) is 12.0. The number of hydrogen-bond donors (Lipinski definition) is 3. The van der Waals surface area contributed by atoms with Crippen molar-refractivity contribution in [3.8, 4) is 11.4 Å². The molecule has 2 aromatic heterocycles. The van der Waals surface area contributed by atoms with E-state index >= 15 is 0 Å². The van der Waals surface area contributed by atoms with E-state index in [2.05, 4.69) is 44.6 Å². The van der Waals surface area contributed by atoms with Crippen molar-refractivity contribution in [3.05, 3.63) is 24.8 Å².